The fraction of sp³-hybridized carbons (Fsp3) is 0.385. The van der Waals surface area contributed by atoms with Crippen LogP contribution in [0.15, 0.2) is 48.0 Å². The lowest BCUT2D eigenvalue weighted by Gasteiger charge is -2.29. The van der Waals surface area contributed by atoms with Crippen molar-refractivity contribution in [2.75, 3.05) is 6.61 Å². The van der Waals surface area contributed by atoms with E-state index in [1.54, 1.807) is 24.3 Å². The van der Waals surface area contributed by atoms with Gasteiger partial charge in [0, 0.05) is 16.6 Å². The zero-order chi connectivity index (χ0) is 22.9. The number of nitrogens with one attached hydrogen (secondary N) is 1. The van der Waals surface area contributed by atoms with Gasteiger partial charge in [-0.2, -0.15) is 5.26 Å². The van der Waals surface area contributed by atoms with Crippen LogP contribution in [0.5, 0.6) is 11.5 Å². The molecule has 3 rings (SSSR count). The highest BCUT2D eigenvalue weighted by atomic mass is 35.5. The average molecular weight is 453 g/mol. The van der Waals surface area contributed by atoms with Crippen LogP contribution in [0.4, 0.5) is 0 Å². The molecule has 0 aromatic heterocycles. The highest BCUT2D eigenvalue weighted by Gasteiger charge is 2.24. The van der Waals surface area contributed by atoms with E-state index in [4.69, 9.17) is 21.1 Å². The van der Waals surface area contributed by atoms with E-state index in [9.17, 15) is 10.1 Å². The summed E-state index contributed by atoms with van der Waals surface area (Å²) in [6.07, 6.45) is 5.94. The van der Waals surface area contributed by atoms with Gasteiger partial charge in [0.1, 0.15) is 18.2 Å². The monoisotopic (exact) mass is 452 g/mol. The SMILES string of the molecule is CCOc1cc(/C=C(\C#N)C(=O)N[C@@H]2CCCC[C@H]2C)ccc1OCc1ccccc1Cl. The smallest absolute Gasteiger partial charge is 0.262 e. The van der Waals surface area contributed by atoms with Crippen molar-refractivity contribution < 1.29 is 14.3 Å². The molecule has 6 heteroatoms. The first-order valence-electron chi connectivity index (χ1n) is 11.1. The summed E-state index contributed by atoms with van der Waals surface area (Å²) in [5.41, 5.74) is 1.65. The van der Waals surface area contributed by atoms with Crippen molar-refractivity contribution >= 4 is 23.6 Å². The summed E-state index contributed by atoms with van der Waals surface area (Å²) in [5, 5.41) is 13.2. The zero-order valence-electron chi connectivity index (χ0n) is 18.6. The number of rotatable bonds is 8. The van der Waals surface area contributed by atoms with Crippen LogP contribution in [-0.2, 0) is 11.4 Å². The molecule has 1 fully saturated rings. The van der Waals surface area contributed by atoms with Gasteiger partial charge in [0.05, 0.1) is 6.61 Å². The Bertz CT molecular complexity index is 1010. The van der Waals surface area contributed by atoms with E-state index >= 15 is 0 Å². The largest absolute Gasteiger partial charge is 0.490 e. The first-order chi connectivity index (χ1) is 15.5. The van der Waals surface area contributed by atoms with Crippen molar-refractivity contribution in [3.63, 3.8) is 0 Å². The lowest BCUT2D eigenvalue weighted by atomic mass is 9.86. The third kappa shape index (κ3) is 6.27. The average Bonchev–Trinajstić information content (AvgIpc) is 2.79. The Balaban J connectivity index is 1.75. The normalized spacial score (nSPS) is 18.5. The molecule has 1 aliphatic carbocycles. The summed E-state index contributed by atoms with van der Waals surface area (Å²) in [6, 6.07) is 15.0. The number of amides is 1. The summed E-state index contributed by atoms with van der Waals surface area (Å²) < 4.78 is 11.7. The van der Waals surface area contributed by atoms with Crippen molar-refractivity contribution in [3.8, 4) is 17.6 Å². The predicted molar refractivity (Wildman–Crippen MR) is 127 cm³/mol. The fourth-order valence-corrected chi connectivity index (χ4v) is 4.06. The topological polar surface area (TPSA) is 71.3 Å². The molecule has 2 atom stereocenters. The zero-order valence-corrected chi connectivity index (χ0v) is 19.3. The second kappa shape index (κ2) is 11.6. The lowest BCUT2D eigenvalue weighted by Crippen LogP contribution is -2.41. The Morgan fingerprint density at radius 1 is 1.19 bits per heavy atom. The highest BCUT2D eigenvalue weighted by molar-refractivity contribution is 6.31. The summed E-state index contributed by atoms with van der Waals surface area (Å²) in [5.74, 6) is 1.21. The summed E-state index contributed by atoms with van der Waals surface area (Å²) in [6.45, 7) is 4.80. The van der Waals surface area contributed by atoms with Crippen LogP contribution >= 0.6 is 11.6 Å². The number of hydrogen-bond donors (Lipinski definition) is 1. The van der Waals surface area contributed by atoms with Crippen LogP contribution in [0, 0.1) is 17.2 Å². The maximum Gasteiger partial charge on any atom is 0.262 e. The van der Waals surface area contributed by atoms with E-state index < -0.39 is 0 Å². The molecule has 0 spiro atoms. The van der Waals surface area contributed by atoms with Gasteiger partial charge < -0.3 is 14.8 Å². The molecule has 0 unspecified atom stereocenters. The quantitative estimate of drug-likeness (QED) is 0.398. The molecule has 2 aromatic rings. The van der Waals surface area contributed by atoms with Crippen molar-refractivity contribution in [2.24, 2.45) is 5.92 Å². The van der Waals surface area contributed by atoms with Crippen molar-refractivity contribution in [1.29, 1.82) is 5.26 Å². The number of carbonyl (C=O) groups is 1. The van der Waals surface area contributed by atoms with Crippen LogP contribution in [0.25, 0.3) is 6.08 Å². The molecule has 1 N–H and O–H groups in total. The van der Waals surface area contributed by atoms with E-state index in [1.807, 2.05) is 37.3 Å². The molecule has 32 heavy (non-hydrogen) atoms. The van der Waals surface area contributed by atoms with Gasteiger partial charge in [0.25, 0.3) is 5.91 Å². The molecule has 1 aliphatic rings. The minimum atomic E-state index is -0.330. The number of carbonyl (C=O) groups excluding carboxylic acids is 1. The molecular formula is C26H29ClN2O3. The number of hydrogen-bond acceptors (Lipinski definition) is 4. The summed E-state index contributed by atoms with van der Waals surface area (Å²) >= 11 is 6.21. The van der Waals surface area contributed by atoms with Gasteiger partial charge in [0.2, 0.25) is 0 Å². The van der Waals surface area contributed by atoms with E-state index in [0.29, 0.717) is 41.2 Å². The Morgan fingerprint density at radius 3 is 2.69 bits per heavy atom. The minimum Gasteiger partial charge on any atom is -0.490 e. The van der Waals surface area contributed by atoms with Crippen molar-refractivity contribution in [3.05, 3.63) is 64.2 Å². The first kappa shape index (κ1) is 23.7. The van der Waals surface area contributed by atoms with Gasteiger partial charge >= 0.3 is 0 Å². The lowest BCUT2D eigenvalue weighted by molar-refractivity contribution is -0.118. The molecule has 0 heterocycles. The van der Waals surface area contributed by atoms with Gasteiger partial charge in [-0.15, -0.1) is 0 Å². The summed E-state index contributed by atoms with van der Waals surface area (Å²) in [7, 11) is 0. The Morgan fingerprint density at radius 2 is 1.97 bits per heavy atom. The summed E-state index contributed by atoms with van der Waals surface area (Å²) in [4.78, 5) is 12.7. The second-order valence-corrected chi connectivity index (χ2v) is 8.44. The first-order valence-corrected chi connectivity index (χ1v) is 11.4. The van der Waals surface area contributed by atoms with Crippen LogP contribution in [0.2, 0.25) is 5.02 Å². The third-order valence-electron chi connectivity index (χ3n) is 5.71. The molecule has 5 nitrogen and oxygen atoms in total. The molecule has 0 saturated heterocycles. The predicted octanol–water partition coefficient (Wildman–Crippen LogP) is 5.92. The molecule has 168 valence electrons. The number of ether oxygens (including phenoxy) is 2. The highest BCUT2D eigenvalue weighted by Crippen LogP contribution is 2.31. The molecule has 0 bridgehead atoms. The molecule has 0 radical (unpaired) electrons. The molecule has 1 amide bonds. The maximum atomic E-state index is 12.7. The van der Waals surface area contributed by atoms with Crippen LogP contribution < -0.4 is 14.8 Å². The molecule has 1 saturated carbocycles. The molecule has 2 aromatic carbocycles. The minimum absolute atomic E-state index is 0.0787. The van der Waals surface area contributed by atoms with Crippen LogP contribution in [-0.4, -0.2) is 18.6 Å². The number of nitrogens with zero attached hydrogens (tertiary/aromatic N) is 1. The van der Waals surface area contributed by atoms with Gasteiger partial charge in [-0.05, 0) is 55.5 Å². The van der Waals surface area contributed by atoms with E-state index in [0.717, 1.165) is 24.8 Å². The standard InChI is InChI=1S/C26H29ClN2O3/c1-3-31-25-15-19(12-13-24(25)32-17-20-9-5-6-10-22(20)27)14-21(16-28)26(30)29-23-11-7-4-8-18(23)2/h5-6,9-10,12-15,18,23H,3-4,7-8,11,17H2,1-2H3,(H,29,30)/b21-14+/t18-,23-/m1/s1. The molecular weight excluding hydrogens is 424 g/mol. The van der Waals surface area contributed by atoms with Gasteiger partial charge in [-0.1, -0.05) is 55.6 Å². The van der Waals surface area contributed by atoms with Crippen molar-refractivity contribution in [2.45, 2.75) is 52.2 Å². The number of halogens is 1. The Hall–Kier alpha value is -2.97. The number of benzene rings is 2. The van der Waals surface area contributed by atoms with Crippen LogP contribution in [0.3, 0.4) is 0 Å². The van der Waals surface area contributed by atoms with E-state index in [2.05, 4.69) is 12.2 Å². The van der Waals surface area contributed by atoms with Gasteiger partial charge in [0.15, 0.2) is 11.5 Å². The van der Waals surface area contributed by atoms with E-state index in [1.165, 1.54) is 6.42 Å². The Kier molecular flexibility index (Phi) is 8.58. The van der Waals surface area contributed by atoms with Crippen LogP contribution in [0.1, 0.15) is 50.7 Å². The third-order valence-corrected chi connectivity index (χ3v) is 6.08. The fourth-order valence-electron chi connectivity index (χ4n) is 3.87. The number of nitriles is 1. The maximum absolute atomic E-state index is 12.7. The second-order valence-electron chi connectivity index (χ2n) is 8.03. The molecule has 0 aliphatic heterocycles. The Labute approximate surface area is 195 Å². The van der Waals surface area contributed by atoms with Crippen molar-refractivity contribution in [1.82, 2.24) is 5.32 Å². The van der Waals surface area contributed by atoms with Gasteiger partial charge in [-0.3, -0.25) is 4.79 Å². The van der Waals surface area contributed by atoms with E-state index in [-0.39, 0.29) is 17.5 Å². The van der Waals surface area contributed by atoms with Gasteiger partial charge in [-0.25, -0.2) is 0 Å².